The Morgan fingerprint density at radius 3 is 1.95 bits per heavy atom. The SMILES string of the molecule is CC1(C)CCC(C)(C)c2c(-c3ccc(N(c4ccc5c(c4)C4(c6ccccc6-5)C5CC6CC7CC4C75C6)c4cccc5c4-c4ccccc4C5(C)C)cc3)cccc21. The maximum absolute atomic E-state index is 2.68. The minimum atomic E-state index is -0.0725. The lowest BCUT2D eigenvalue weighted by atomic mass is 9.27. The summed E-state index contributed by atoms with van der Waals surface area (Å²) in [6, 6.07) is 50.2. The van der Waals surface area contributed by atoms with Crippen LogP contribution in [-0.4, -0.2) is 0 Å². The molecule has 6 unspecified atom stereocenters. The van der Waals surface area contributed by atoms with Crippen molar-refractivity contribution in [2.24, 2.45) is 29.1 Å². The maximum atomic E-state index is 2.68. The summed E-state index contributed by atoms with van der Waals surface area (Å²) in [6.07, 6.45) is 8.27. The second-order valence-corrected chi connectivity index (χ2v) is 21.6. The van der Waals surface area contributed by atoms with Crippen LogP contribution in [0, 0.1) is 29.1 Å². The van der Waals surface area contributed by atoms with Gasteiger partial charge in [0.1, 0.15) is 0 Å². The fraction of sp³-hybridized carbons (Fsp3) is 0.368. The highest BCUT2D eigenvalue weighted by Gasteiger charge is 2.84. The van der Waals surface area contributed by atoms with E-state index in [2.05, 4.69) is 174 Å². The van der Waals surface area contributed by atoms with Crippen molar-refractivity contribution in [2.75, 3.05) is 4.90 Å². The van der Waals surface area contributed by atoms with E-state index in [0.717, 1.165) is 23.7 Å². The number of anilines is 3. The molecule has 58 heavy (non-hydrogen) atoms. The van der Waals surface area contributed by atoms with Crippen LogP contribution in [0.1, 0.15) is 113 Å². The largest absolute Gasteiger partial charge is 0.310 e. The predicted octanol–water partition coefficient (Wildman–Crippen LogP) is 14.8. The smallest absolute Gasteiger partial charge is 0.0543 e. The summed E-state index contributed by atoms with van der Waals surface area (Å²) in [5.74, 6) is 3.49. The first-order valence-electron chi connectivity index (χ1n) is 22.5. The first-order valence-corrected chi connectivity index (χ1v) is 22.5. The average molecular weight is 754 g/mol. The third kappa shape index (κ3) is 3.87. The van der Waals surface area contributed by atoms with E-state index in [1.54, 1.807) is 11.1 Å². The molecule has 4 fully saturated rings. The first-order chi connectivity index (χ1) is 28.0. The Bertz CT molecular complexity index is 2760. The van der Waals surface area contributed by atoms with Crippen molar-refractivity contribution < 1.29 is 0 Å². The molecule has 0 aromatic heterocycles. The molecule has 0 amide bonds. The molecule has 1 heteroatoms. The van der Waals surface area contributed by atoms with Crippen molar-refractivity contribution in [3.63, 3.8) is 0 Å². The fourth-order valence-corrected chi connectivity index (χ4v) is 15.6. The van der Waals surface area contributed by atoms with Gasteiger partial charge in [-0.1, -0.05) is 139 Å². The Balaban J connectivity index is 1.01. The predicted molar refractivity (Wildman–Crippen MR) is 240 cm³/mol. The summed E-state index contributed by atoms with van der Waals surface area (Å²) in [5, 5.41) is 0. The van der Waals surface area contributed by atoms with Gasteiger partial charge in [-0.2, -0.15) is 0 Å². The second kappa shape index (κ2) is 10.8. The van der Waals surface area contributed by atoms with Crippen molar-refractivity contribution in [3.05, 3.63) is 161 Å². The Hall–Kier alpha value is -4.88. The zero-order chi connectivity index (χ0) is 39.1. The minimum absolute atomic E-state index is 0.0725. The zero-order valence-electron chi connectivity index (χ0n) is 35.1. The molecule has 0 saturated heterocycles. The van der Waals surface area contributed by atoms with E-state index < -0.39 is 0 Å². The van der Waals surface area contributed by atoms with Crippen LogP contribution in [-0.2, 0) is 21.7 Å². The van der Waals surface area contributed by atoms with Crippen LogP contribution in [0.4, 0.5) is 17.1 Å². The molecule has 288 valence electrons. The van der Waals surface area contributed by atoms with Gasteiger partial charge in [-0.05, 0) is 170 Å². The van der Waals surface area contributed by atoms with Gasteiger partial charge in [0, 0.05) is 27.8 Å². The standard InChI is InChI=1S/C57H55N/c1-53(2)27-28-54(3,4)52-39(15-11-19-46(52)53)35-21-23-37(24-22-35)58(48-20-12-18-45-51(48)42-14-8-9-16-43(42)55(45,5)6)38-25-26-41-40-13-7-10-17-44(40)57(47(41)32-38)49-30-34-29-36-31-50(57)56(36,49)33-34/h7-26,32,34,36,49-50H,27-31,33H2,1-6H3. The van der Waals surface area contributed by atoms with Gasteiger partial charge in [-0.3, -0.25) is 0 Å². The Morgan fingerprint density at radius 2 is 1.14 bits per heavy atom. The van der Waals surface area contributed by atoms with E-state index in [1.165, 1.54) is 111 Å². The molecule has 0 N–H and O–H groups in total. The lowest BCUT2D eigenvalue weighted by molar-refractivity contribution is -0.231. The molecule has 2 bridgehead atoms. The van der Waals surface area contributed by atoms with Crippen LogP contribution >= 0.6 is 0 Å². The molecular formula is C57H55N. The molecule has 4 saturated carbocycles. The molecule has 1 nitrogen and oxygen atoms in total. The van der Waals surface area contributed by atoms with Gasteiger partial charge in [0.05, 0.1) is 5.69 Å². The van der Waals surface area contributed by atoms with Crippen molar-refractivity contribution in [2.45, 2.75) is 102 Å². The summed E-state index contributed by atoms with van der Waals surface area (Å²) >= 11 is 0. The average Bonchev–Trinajstić information content (AvgIpc) is 3.92. The van der Waals surface area contributed by atoms with E-state index in [-0.39, 0.29) is 21.7 Å². The van der Waals surface area contributed by atoms with Gasteiger partial charge >= 0.3 is 0 Å². The van der Waals surface area contributed by atoms with Crippen LogP contribution < -0.4 is 4.90 Å². The second-order valence-electron chi connectivity index (χ2n) is 21.6. The van der Waals surface area contributed by atoms with Gasteiger partial charge in [-0.15, -0.1) is 0 Å². The third-order valence-corrected chi connectivity index (χ3v) is 18.0. The lowest BCUT2D eigenvalue weighted by Gasteiger charge is -2.76. The Morgan fingerprint density at radius 1 is 0.500 bits per heavy atom. The quantitative estimate of drug-likeness (QED) is 0.173. The van der Waals surface area contributed by atoms with E-state index in [1.807, 2.05) is 0 Å². The summed E-state index contributed by atoms with van der Waals surface area (Å²) < 4.78 is 0. The Labute approximate surface area is 345 Å². The van der Waals surface area contributed by atoms with Crippen molar-refractivity contribution in [1.82, 2.24) is 0 Å². The number of hydrogen-bond acceptors (Lipinski definition) is 1. The molecule has 6 aromatic rings. The fourth-order valence-electron chi connectivity index (χ4n) is 15.6. The number of benzene rings is 6. The summed E-state index contributed by atoms with van der Waals surface area (Å²) in [5.41, 5.74) is 22.4. The van der Waals surface area contributed by atoms with Crippen LogP contribution in [0.25, 0.3) is 33.4 Å². The monoisotopic (exact) mass is 753 g/mol. The molecule has 6 aromatic carbocycles. The molecule has 0 aliphatic heterocycles. The molecule has 6 atom stereocenters. The van der Waals surface area contributed by atoms with Crippen molar-refractivity contribution >= 4 is 17.1 Å². The topological polar surface area (TPSA) is 3.24 Å². The van der Waals surface area contributed by atoms with Crippen molar-refractivity contribution in [1.29, 1.82) is 0 Å². The molecule has 7 aliphatic rings. The normalized spacial score (nSPS) is 29.7. The Kier molecular flexibility index (Phi) is 6.36. The molecule has 7 aliphatic carbocycles. The van der Waals surface area contributed by atoms with Crippen LogP contribution in [0.5, 0.6) is 0 Å². The first kappa shape index (κ1) is 34.0. The highest BCUT2D eigenvalue weighted by atomic mass is 15.1. The van der Waals surface area contributed by atoms with E-state index >= 15 is 0 Å². The molecular weight excluding hydrogens is 699 g/mol. The van der Waals surface area contributed by atoms with Gasteiger partial charge in [0.25, 0.3) is 0 Å². The highest BCUT2D eigenvalue weighted by Crippen LogP contribution is 2.89. The number of fused-ring (bicyclic) bond motifs is 12. The summed E-state index contributed by atoms with van der Waals surface area (Å²) in [4.78, 5) is 2.63. The molecule has 13 rings (SSSR count). The molecule has 0 heterocycles. The molecule has 0 radical (unpaired) electrons. The van der Waals surface area contributed by atoms with Gasteiger partial charge in [0.2, 0.25) is 0 Å². The number of rotatable bonds is 4. The van der Waals surface area contributed by atoms with Gasteiger partial charge in [-0.25, -0.2) is 0 Å². The van der Waals surface area contributed by atoms with Crippen LogP contribution in [0.3, 0.4) is 0 Å². The van der Waals surface area contributed by atoms with Gasteiger partial charge in [0.15, 0.2) is 0 Å². The van der Waals surface area contributed by atoms with E-state index in [4.69, 9.17) is 0 Å². The number of hydrogen-bond donors (Lipinski definition) is 0. The molecule has 2 spiro atoms. The van der Waals surface area contributed by atoms with E-state index in [0.29, 0.717) is 5.41 Å². The zero-order valence-corrected chi connectivity index (χ0v) is 35.1. The van der Waals surface area contributed by atoms with Crippen LogP contribution in [0.2, 0.25) is 0 Å². The van der Waals surface area contributed by atoms with Crippen LogP contribution in [0.15, 0.2) is 127 Å². The van der Waals surface area contributed by atoms with Gasteiger partial charge < -0.3 is 4.90 Å². The van der Waals surface area contributed by atoms with Crippen molar-refractivity contribution in [3.8, 4) is 33.4 Å². The lowest BCUT2D eigenvalue weighted by Crippen LogP contribution is -2.73. The minimum Gasteiger partial charge on any atom is -0.310 e. The summed E-state index contributed by atoms with van der Waals surface area (Å²) in [7, 11) is 0. The third-order valence-electron chi connectivity index (χ3n) is 18.0. The summed E-state index contributed by atoms with van der Waals surface area (Å²) in [6.45, 7) is 14.6. The van der Waals surface area contributed by atoms with E-state index in [9.17, 15) is 0 Å². The highest BCUT2D eigenvalue weighted by molar-refractivity contribution is 5.96. The maximum Gasteiger partial charge on any atom is 0.0543 e. The number of nitrogens with zero attached hydrogens (tertiary/aromatic N) is 1.